The van der Waals surface area contributed by atoms with Crippen LogP contribution in [0.3, 0.4) is 0 Å². The summed E-state index contributed by atoms with van der Waals surface area (Å²) in [5.74, 6) is 0.243. The molecule has 0 radical (unpaired) electrons. The molecule has 1 heterocycles. The van der Waals surface area contributed by atoms with E-state index in [0.29, 0.717) is 0 Å². The summed E-state index contributed by atoms with van der Waals surface area (Å²) in [6, 6.07) is 21.3. The molecule has 2 aromatic rings. The number of hydrogen-bond donors (Lipinski definition) is 2. The zero-order chi connectivity index (χ0) is 16.1. The third-order valence-electron chi connectivity index (χ3n) is 4.71. The van der Waals surface area contributed by atoms with Crippen LogP contribution in [0.15, 0.2) is 65.8 Å². The van der Waals surface area contributed by atoms with Crippen molar-refractivity contribution in [1.29, 1.82) is 0 Å². The fourth-order valence-corrected chi connectivity index (χ4v) is 3.59. The van der Waals surface area contributed by atoms with Crippen molar-refractivity contribution in [3.8, 4) is 0 Å². The van der Waals surface area contributed by atoms with E-state index in [1.54, 1.807) is 0 Å². The summed E-state index contributed by atoms with van der Waals surface area (Å²) in [4.78, 5) is 0. The second-order valence-electron chi connectivity index (χ2n) is 6.21. The summed E-state index contributed by atoms with van der Waals surface area (Å²) in [5.41, 5.74) is 3.41. The first kappa shape index (κ1) is 15.8. The van der Waals surface area contributed by atoms with E-state index < -0.39 is 0 Å². The highest BCUT2D eigenvalue weighted by Gasteiger charge is 2.35. The summed E-state index contributed by atoms with van der Waals surface area (Å²) in [6.07, 6.45) is 2.85. The van der Waals surface area contributed by atoms with Crippen molar-refractivity contribution in [1.82, 2.24) is 5.32 Å². The molecular formula is C20H24N2O. The van der Waals surface area contributed by atoms with Gasteiger partial charge in [-0.2, -0.15) is 0 Å². The molecule has 0 spiro atoms. The fourth-order valence-electron chi connectivity index (χ4n) is 3.59. The molecule has 120 valence electrons. The number of piperidine rings is 1. The smallest absolute Gasteiger partial charge is 0.0639 e. The molecule has 23 heavy (non-hydrogen) atoms. The molecule has 3 heteroatoms. The van der Waals surface area contributed by atoms with E-state index in [9.17, 15) is 5.21 Å². The third kappa shape index (κ3) is 3.45. The van der Waals surface area contributed by atoms with Gasteiger partial charge < -0.3 is 10.5 Å². The molecule has 0 aliphatic carbocycles. The molecule has 0 aromatic heterocycles. The van der Waals surface area contributed by atoms with Gasteiger partial charge in [0.25, 0.3) is 0 Å². The molecule has 2 aromatic carbocycles. The van der Waals surface area contributed by atoms with E-state index in [4.69, 9.17) is 0 Å². The largest absolute Gasteiger partial charge is 0.411 e. The van der Waals surface area contributed by atoms with E-state index in [0.717, 1.165) is 25.0 Å². The Balaban J connectivity index is 1.95. The maximum Gasteiger partial charge on any atom is 0.0639 e. The number of benzene rings is 2. The topological polar surface area (TPSA) is 44.6 Å². The van der Waals surface area contributed by atoms with Crippen LogP contribution in [0.5, 0.6) is 0 Å². The van der Waals surface area contributed by atoms with Gasteiger partial charge in [0.1, 0.15) is 0 Å². The van der Waals surface area contributed by atoms with Crippen molar-refractivity contribution >= 4 is 5.71 Å². The lowest BCUT2D eigenvalue weighted by Crippen LogP contribution is -2.42. The van der Waals surface area contributed by atoms with Crippen LogP contribution in [0, 0.1) is 5.92 Å². The SMILES string of the molecule is CCC[C@@H]1C(=NO)C[C@@H](c2ccccc2)N[C@H]1c1ccccc1. The number of nitrogens with zero attached hydrogens (tertiary/aromatic N) is 1. The molecule has 0 bridgehead atoms. The molecule has 0 amide bonds. The minimum Gasteiger partial charge on any atom is -0.411 e. The minimum atomic E-state index is 0.181. The van der Waals surface area contributed by atoms with Crippen molar-refractivity contribution < 1.29 is 5.21 Å². The first-order chi connectivity index (χ1) is 11.3. The van der Waals surface area contributed by atoms with Crippen molar-refractivity contribution in [3.05, 3.63) is 71.8 Å². The first-order valence-corrected chi connectivity index (χ1v) is 8.40. The van der Waals surface area contributed by atoms with Crippen LogP contribution in [0.2, 0.25) is 0 Å². The predicted molar refractivity (Wildman–Crippen MR) is 93.7 cm³/mol. The number of oxime groups is 1. The molecule has 2 N–H and O–H groups in total. The van der Waals surface area contributed by atoms with Gasteiger partial charge in [-0.3, -0.25) is 0 Å². The van der Waals surface area contributed by atoms with Crippen LogP contribution in [-0.4, -0.2) is 10.9 Å². The summed E-state index contributed by atoms with van der Waals surface area (Å²) in [5, 5.41) is 17.0. The van der Waals surface area contributed by atoms with Gasteiger partial charge >= 0.3 is 0 Å². The third-order valence-corrected chi connectivity index (χ3v) is 4.71. The fraction of sp³-hybridized carbons (Fsp3) is 0.350. The van der Waals surface area contributed by atoms with Crippen LogP contribution in [-0.2, 0) is 0 Å². The second-order valence-corrected chi connectivity index (χ2v) is 6.21. The van der Waals surface area contributed by atoms with Crippen molar-refractivity contribution in [2.45, 2.75) is 38.3 Å². The Bertz CT molecular complexity index is 639. The van der Waals surface area contributed by atoms with E-state index in [1.165, 1.54) is 11.1 Å². The Kier molecular flexibility index (Phi) is 5.09. The van der Waals surface area contributed by atoms with E-state index >= 15 is 0 Å². The lowest BCUT2D eigenvalue weighted by molar-refractivity contribution is 0.284. The normalized spacial score (nSPS) is 26.3. The Labute approximate surface area is 138 Å². The maximum absolute atomic E-state index is 9.58. The zero-order valence-electron chi connectivity index (χ0n) is 13.5. The molecule has 1 fully saturated rings. The van der Waals surface area contributed by atoms with Crippen molar-refractivity contribution in [2.75, 3.05) is 0 Å². The first-order valence-electron chi connectivity index (χ1n) is 8.40. The van der Waals surface area contributed by atoms with E-state index in [-0.39, 0.29) is 18.0 Å². The Hall–Kier alpha value is -2.13. The van der Waals surface area contributed by atoms with Gasteiger partial charge in [0.05, 0.1) is 5.71 Å². The van der Waals surface area contributed by atoms with Gasteiger partial charge in [-0.15, -0.1) is 0 Å². The van der Waals surface area contributed by atoms with E-state index in [1.807, 2.05) is 12.1 Å². The highest BCUT2D eigenvalue weighted by atomic mass is 16.4. The molecule has 1 aliphatic rings. The highest BCUT2D eigenvalue weighted by Crippen LogP contribution is 2.37. The lowest BCUT2D eigenvalue weighted by atomic mass is 9.78. The van der Waals surface area contributed by atoms with Gasteiger partial charge in [-0.25, -0.2) is 0 Å². The standard InChI is InChI=1S/C20H24N2O/c1-2-9-17-19(22-23)14-18(15-10-5-3-6-11-15)21-20(17)16-12-7-4-8-13-16/h3-8,10-13,17-18,20-21,23H,2,9,14H2,1H3/t17-,18+,20+/m1/s1. The average molecular weight is 308 g/mol. The molecule has 0 unspecified atom stereocenters. The second kappa shape index (κ2) is 7.42. The van der Waals surface area contributed by atoms with Gasteiger partial charge in [0, 0.05) is 24.4 Å². The summed E-state index contributed by atoms with van der Waals surface area (Å²) in [6.45, 7) is 2.18. The molecule has 1 aliphatic heterocycles. The van der Waals surface area contributed by atoms with Gasteiger partial charge in [-0.05, 0) is 17.5 Å². The Morgan fingerprint density at radius 3 is 2.17 bits per heavy atom. The van der Waals surface area contributed by atoms with Gasteiger partial charge in [-0.1, -0.05) is 79.2 Å². The number of rotatable bonds is 4. The molecule has 3 atom stereocenters. The monoisotopic (exact) mass is 308 g/mol. The summed E-state index contributed by atoms with van der Waals surface area (Å²) in [7, 11) is 0. The lowest BCUT2D eigenvalue weighted by Gasteiger charge is -2.38. The quantitative estimate of drug-likeness (QED) is 0.634. The maximum atomic E-state index is 9.58. The van der Waals surface area contributed by atoms with Crippen LogP contribution in [0.1, 0.15) is 49.4 Å². The van der Waals surface area contributed by atoms with Crippen LogP contribution >= 0.6 is 0 Å². The van der Waals surface area contributed by atoms with Crippen molar-refractivity contribution in [3.63, 3.8) is 0 Å². The Morgan fingerprint density at radius 1 is 1.00 bits per heavy atom. The Morgan fingerprint density at radius 2 is 1.61 bits per heavy atom. The van der Waals surface area contributed by atoms with Gasteiger partial charge in [0.15, 0.2) is 0 Å². The number of nitrogens with one attached hydrogen (secondary N) is 1. The molecule has 1 saturated heterocycles. The van der Waals surface area contributed by atoms with Crippen LogP contribution in [0.4, 0.5) is 0 Å². The molecule has 3 rings (SSSR count). The summed E-state index contributed by atoms with van der Waals surface area (Å²) < 4.78 is 0. The zero-order valence-corrected chi connectivity index (χ0v) is 13.5. The summed E-state index contributed by atoms with van der Waals surface area (Å²) >= 11 is 0. The molecule has 3 nitrogen and oxygen atoms in total. The minimum absolute atomic E-state index is 0.181. The van der Waals surface area contributed by atoms with Gasteiger partial charge in [0.2, 0.25) is 0 Å². The predicted octanol–water partition coefficient (Wildman–Crippen LogP) is 4.71. The van der Waals surface area contributed by atoms with Crippen LogP contribution in [0.25, 0.3) is 0 Å². The highest BCUT2D eigenvalue weighted by molar-refractivity contribution is 5.88. The van der Waals surface area contributed by atoms with E-state index in [2.05, 4.69) is 65.9 Å². The average Bonchev–Trinajstić information content (AvgIpc) is 2.63. The number of hydrogen-bond acceptors (Lipinski definition) is 3. The van der Waals surface area contributed by atoms with Crippen molar-refractivity contribution in [2.24, 2.45) is 11.1 Å². The van der Waals surface area contributed by atoms with Crippen LogP contribution < -0.4 is 5.32 Å². The molecule has 0 saturated carbocycles. The molecular weight excluding hydrogens is 284 g/mol.